The second kappa shape index (κ2) is 11.2. The number of azo groups is 1. The molecular weight excluding hydrogens is 478 g/mol. The molecule has 1 aromatic heterocycles. The van der Waals surface area contributed by atoms with Gasteiger partial charge >= 0.3 is 0 Å². The molecule has 3 aromatic carbocycles. The van der Waals surface area contributed by atoms with Crippen molar-refractivity contribution in [2.75, 3.05) is 18.4 Å². The Morgan fingerprint density at radius 1 is 0.973 bits per heavy atom. The molecule has 0 amide bonds. The maximum Gasteiger partial charge on any atom is 0.225 e. The number of hydrogen-bond acceptors (Lipinski definition) is 3. The minimum absolute atomic E-state index is 0.138. The Labute approximate surface area is 223 Å². The summed E-state index contributed by atoms with van der Waals surface area (Å²) in [6.45, 7) is 6.93. The summed E-state index contributed by atoms with van der Waals surface area (Å²) in [6, 6.07) is 24.8. The average molecular weight is 513 g/mol. The lowest BCUT2D eigenvalue weighted by Gasteiger charge is -2.29. The largest absolute Gasteiger partial charge is 0.493 e. The van der Waals surface area contributed by atoms with Gasteiger partial charge in [-0.05, 0) is 74.0 Å². The first-order valence-corrected chi connectivity index (χ1v) is 13.4. The zero-order chi connectivity index (χ0) is 25.8. The number of benzene rings is 3. The van der Waals surface area contributed by atoms with Crippen LogP contribution in [0.5, 0.6) is 5.88 Å². The summed E-state index contributed by atoms with van der Waals surface area (Å²) >= 11 is 5.45. The van der Waals surface area contributed by atoms with Crippen molar-refractivity contribution in [3.63, 3.8) is 0 Å². The van der Waals surface area contributed by atoms with Gasteiger partial charge in [-0.15, -0.1) is 10.2 Å². The highest BCUT2D eigenvalue weighted by Gasteiger charge is 2.25. The zero-order valence-corrected chi connectivity index (χ0v) is 22.3. The van der Waals surface area contributed by atoms with Crippen molar-refractivity contribution in [1.82, 2.24) is 4.57 Å². The van der Waals surface area contributed by atoms with E-state index in [1.54, 1.807) is 0 Å². The quantitative estimate of drug-likeness (QED) is 0.221. The highest BCUT2D eigenvalue weighted by molar-refractivity contribution is 7.80. The minimum Gasteiger partial charge on any atom is -0.493 e. The minimum atomic E-state index is 0.138. The van der Waals surface area contributed by atoms with Crippen molar-refractivity contribution in [1.29, 1.82) is 0 Å². The van der Waals surface area contributed by atoms with Crippen LogP contribution in [0.3, 0.4) is 0 Å². The van der Waals surface area contributed by atoms with Gasteiger partial charge in [0.2, 0.25) is 11.0 Å². The van der Waals surface area contributed by atoms with Crippen LogP contribution in [0.1, 0.15) is 29.5 Å². The molecule has 1 saturated heterocycles. The number of rotatable bonds is 6. The van der Waals surface area contributed by atoms with Gasteiger partial charge in [-0.2, -0.15) is 0 Å². The number of anilines is 1. The van der Waals surface area contributed by atoms with Crippen molar-refractivity contribution < 1.29 is 10.0 Å². The highest BCUT2D eigenvalue weighted by Crippen LogP contribution is 2.38. The first-order chi connectivity index (χ1) is 18.0. The number of likely N-dealkylation sites (tertiary alicyclic amines) is 1. The van der Waals surface area contributed by atoms with Gasteiger partial charge in [0.15, 0.2) is 12.4 Å². The third kappa shape index (κ3) is 5.73. The number of nitrogens with one attached hydrogen (secondary N) is 2. The normalized spacial score (nSPS) is 17.9. The van der Waals surface area contributed by atoms with Gasteiger partial charge in [-0.3, -0.25) is 4.57 Å². The van der Waals surface area contributed by atoms with Crippen LogP contribution in [0, 0.1) is 19.8 Å². The third-order valence-electron chi connectivity index (χ3n) is 7.43. The number of fused-ring (bicyclic) bond motifs is 1. The monoisotopic (exact) mass is 512 g/mol. The predicted octanol–water partition coefficient (Wildman–Crippen LogP) is 5.94. The van der Waals surface area contributed by atoms with Crippen molar-refractivity contribution in [3.05, 3.63) is 89.5 Å². The first kappa shape index (κ1) is 25.1. The van der Waals surface area contributed by atoms with E-state index in [0.717, 1.165) is 53.1 Å². The number of hydrogen-bond donors (Lipinski definition) is 3. The van der Waals surface area contributed by atoms with E-state index in [-0.39, 0.29) is 11.0 Å². The zero-order valence-electron chi connectivity index (χ0n) is 21.4. The molecule has 0 unspecified atom stereocenters. The van der Waals surface area contributed by atoms with Crippen LogP contribution in [0.25, 0.3) is 10.9 Å². The van der Waals surface area contributed by atoms with E-state index in [1.807, 2.05) is 60.9 Å². The van der Waals surface area contributed by atoms with Gasteiger partial charge < -0.3 is 15.3 Å². The molecule has 1 aliphatic rings. The average Bonchev–Trinajstić information content (AvgIpc) is 3.17. The van der Waals surface area contributed by atoms with Crippen LogP contribution in [0.15, 0.2) is 83.0 Å². The number of aromatic nitrogens is 1. The Kier molecular flexibility index (Phi) is 7.63. The Morgan fingerprint density at radius 3 is 2.38 bits per heavy atom. The van der Waals surface area contributed by atoms with Gasteiger partial charge in [-0.25, -0.2) is 0 Å². The molecule has 0 aliphatic carbocycles. The van der Waals surface area contributed by atoms with E-state index in [0.29, 0.717) is 12.4 Å². The first-order valence-electron chi connectivity index (χ1n) is 13.0. The molecule has 0 atom stereocenters. The van der Waals surface area contributed by atoms with Gasteiger partial charge in [-0.1, -0.05) is 66.7 Å². The van der Waals surface area contributed by atoms with Crippen molar-refractivity contribution in [2.24, 2.45) is 16.1 Å². The SMILES string of the molecule is Cc1cccc(C)c1NC(=S)N=Nc1c(O)n(C[NH+]2CCC(Cc3ccccc3)CC2)c2ccccc12. The maximum absolute atomic E-state index is 11.2. The standard InChI is InChI=1S/C30H33N5OS/c1-21-9-8-10-22(2)27(21)31-30(37)33-32-28-25-13-6-7-14-26(25)35(29(28)36)20-34-17-15-24(16-18-34)19-23-11-4-3-5-12-23/h3-14,24,36H,15-20H2,1-2H3,(H,31,37)/p+1. The summed E-state index contributed by atoms with van der Waals surface area (Å²) in [4.78, 5) is 1.47. The lowest BCUT2D eigenvalue weighted by Crippen LogP contribution is -3.12. The van der Waals surface area contributed by atoms with Crippen LogP contribution in [0.4, 0.5) is 11.4 Å². The van der Waals surface area contributed by atoms with Gasteiger partial charge in [0, 0.05) is 11.1 Å². The van der Waals surface area contributed by atoms with Crippen molar-refractivity contribution in [3.8, 4) is 5.88 Å². The maximum atomic E-state index is 11.2. The summed E-state index contributed by atoms with van der Waals surface area (Å²) in [5.74, 6) is 0.856. The predicted molar refractivity (Wildman–Crippen MR) is 154 cm³/mol. The van der Waals surface area contributed by atoms with Crippen molar-refractivity contribution >= 4 is 39.6 Å². The summed E-state index contributed by atoms with van der Waals surface area (Å²) < 4.78 is 1.97. The number of para-hydroxylation sites is 2. The second-order valence-corrected chi connectivity index (χ2v) is 10.4. The lowest BCUT2D eigenvalue weighted by atomic mass is 9.90. The highest BCUT2D eigenvalue weighted by atomic mass is 32.1. The van der Waals surface area contributed by atoms with E-state index in [4.69, 9.17) is 12.2 Å². The van der Waals surface area contributed by atoms with Crippen LogP contribution >= 0.6 is 12.2 Å². The molecule has 0 radical (unpaired) electrons. The Bertz CT molecular complexity index is 1400. The summed E-state index contributed by atoms with van der Waals surface area (Å²) in [5, 5.41) is 24.2. The fourth-order valence-electron chi connectivity index (χ4n) is 5.39. The molecule has 2 heterocycles. The molecule has 37 heavy (non-hydrogen) atoms. The number of nitrogens with zero attached hydrogens (tertiary/aromatic N) is 3. The van der Waals surface area contributed by atoms with Crippen LogP contribution in [0.2, 0.25) is 0 Å². The summed E-state index contributed by atoms with van der Waals surface area (Å²) in [6.07, 6.45) is 3.52. The van der Waals surface area contributed by atoms with Gasteiger partial charge in [0.05, 0.1) is 18.6 Å². The topological polar surface area (TPSA) is 66.4 Å². The second-order valence-electron chi connectivity index (χ2n) is 10.1. The fourth-order valence-corrected chi connectivity index (χ4v) is 5.53. The van der Waals surface area contributed by atoms with Crippen molar-refractivity contribution in [2.45, 2.75) is 39.8 Å². The molecule has 1 fully saturated rings. The van der Waals surface area contributed by atoms with E-state index in [9.17, 15) is 5.11 Å². The number of quaternary nitrogens is 1. The Balaban J connectivity index is 1.29. The smallest absolute Gasteiger partial charge is 0.225 e. The molecule has 190 valence electrons. The summed E-state index contributed by atoms with van der Waals surface area (Å²) in [7, 11) is 0. The van der Waals surface area contributed by atoms with E-state index in [2.05, 4.69) is 45.9 Å². The number of aryl methyl sites for hydroxylation is 2. The Morgan fingerprint density at radius 2 is 1.65 bits per heavy atom. The molecule has 0 bridgehead atoms. The Hall–Kier alpha value is -3.55. The number of thiocarbonyl (C=S) groups is 1. The molecule has 3 N–H and O–H groups in total. The lowest BCUT2D eigenvalue weighted by molar-refractivity contribution is -0.928. The van der Waals surface area contributed by atoms with E-state index < -0.39 is 0 Å². The van der Waals surface area contributed by atoms with Crippen LogP contribution in [-0.2, 0) is 13.1 Å². The molecule has 7 heteroatoms. The molecule has 1 aliphatic heterocycles. The van der Waals surface area contributed by atoms with Crippen LogP contribution < -0.4 is 10.2 Å². The van der Waals surface area contributed by atoms with E-state index >= 15 is 0 Å². The number of aromatic hydroxyl groups is 1. The van der Waals surface area contributed by atoms with E-state index in [1.165, 1.54) is 23.3 Å². The molecule has 6 nitrogen and oxygen atoms in total. The van der Waals surface area contributed by atoms with Gasteiger partial charge in [0.1, 0.15) is 0 Å². The molecule has 0 saturated carbocycles. The molecule has 0 spiro atoms. The molecular formula is C30H34N5OS+. The third-order valence-corrected chi connectivity index (χ3v) is 7.62. The van der Waals surface area contributed by atoms with Crippen LogP contribution in [-0.4, -0.2) is 27.9 Å². The summed E-state index contributed by atoms with van der Waals surface area (Å²) in [5.41, 5.74) is 5.96. The molecule has 4 aromatic rings. The van der Waals surface area contributed by atoms with Gasteiger partial charge in [0.25, 0.3) is 0 Å². The molecule has 5 rings (SSSR count). The fraction of sp³-hybridized carbons (Fsp3) is 0.300. The number of piperidine rings is 1.